The van der Waals surface area contributed by atoms with Gasteiger partial charge in [-0.25, -0.2) is 4.98 Å². The fraction of sp³-hybridized carbons (Fsp3) is 0.500. The second-order valence-corrected chi connectivity index (χ2v) is 9.34. The Labute approximate surface area is 193 Å². The van der Waals surface area contributed by atoms with Gasteiger partial charge in [-0.3, -0.25) is 14.2 Å². The van der Waals surface area contributed by atoms with Crippen molar-refractivity contribution in [2.24, 2.45) is 11.8 Å². The Morgan fingerprint density at radius 1 is 1.21 bits per heavy atom. The molecule has 3 aromatic rings. The summed E-state index contributed by atoms with van der Waals surface area (Å²) in [7, 11) is 0. The molecule has 2 fully saturated rings. The van der Waals surface area contributed by atoms with Crippen LogP contribution in [0.1, 0.15) is 49.5 Å². The van der Waals surface area contributed by atoms with Gasteiger partial charge in [0.15, 0.2) is 0 Å². The molecule has 0 amide bonds. The first kappa shape index (κ1) is 21.9. The molecule has 1 saturated heterocycles. The molecule has 1 N–H and O–H groups in total. The number of benzene rings is 1. The zero-order valence-corrected chi connectivity index (χ0v) is 19.4. The Morgan fingerprint density at radius 2 is 2.00 bits per heavy atom. The number of hydrogen-bond acceptors (Lipinski definition) is 6. The van der Waals surface area contributed by atoms with Gasteiger partial charge in [-0.2, -0.15) is 0 Å². The normalized spacial score (nSPS) is 16.9. The number of aromatic nitrogens is 2. The van der Waals surface area contributed by atoms with E-state index in [1.807, 2.05) is 18.2 Å². The molecule has 1 saturated carbocycles. The number of Topliss-reactive ketones (excluding diaryl/α,β-unsaturated/α-hetero) is 1. The second-order valence-electron chi connectivity index (χ2n) is 9.34. The van der Waals surface area contributed by atoms with Crippen molar-refractivity contribution in [2.75, 3.05) is 18.5 Å². The summed E-state index contributed by atoms with van der Waals surface area (Å²) in [5, 5.41) is 4.41. The second kappa shape index (κ2) is 9.14. The summed E-state index contributed by atoms with van der Waals surface area (Å²) in [6, 6.07) is 5.94. The third-order valence-electron chi connectivity index (χ3n) is 6.91. The van der Waals surface area contributed by atoms with E-state index < -0.39 is 0 Å². The highest BCUT2D eigenvalue weighted by atomic mass is 16.5. The lowest BCUT2D eigenvalue weighted by Gasteiger charge is -2.21. The number of carbonyl (C=O) groups is 1. The van der Waals surface area contributed by atoms with Crippen LogP contribution in [0.15, 0.2) is 33.6 Å². The predicted octanol–water partition coefficient (Wildman–Crippen LogP) is 4.55. The van der Waals surface area contributed by atoms with Crippen LogP contribution in [0.3, 0.4) is 0 Å². The lowest BCUT2D eigenvalue weighted by atomic mass is 9.92. The molecule has 0 radical (unpaired) electrons. The van der Waals surface area contributed by atoms with Gasteiger partial charge in [-0.15, -0.1) is 0 Å². The lowest BCUT2D eigenvalue weighted by Crippen LogP contribution is -2.31. The third-order valence-corrected chi connectivity index (χ3v) is 6.91. The first-order valence-electron chi connectivity index (χ1n) is 12.0. The van der Waals surface area contributed by atoms with E-state index in [0.717, 1.165) is 60.1 Å². The number of ketones is 1. The quantitative estimate of drug-likeness (QED) is 0.543. The first-order chi connectivity index (χ1) is 16.0. The zero-order chi connectivity index (χ0) is 22.9. The highest BCUT2D eigenvalue weighted by molar-refractivity contribution is 5.86. The summed E-state index contributed by atoms with van der Waals surface area (Å²) in [5.41, 5.74) is 3.22. The molecular weight excluding hydrogens is 418 g/mol. The minimum atomic E-state index is -0.117. The molecule has 0 unspecified atom stereocenters. The fourth-order valence-corrected chi connectivity index (χ4v) is 4.65. The van der Waals surface area contributed by atoms with Crippen molar-refractivity contribution in [3.8, 4) is 0 Å². The SMILES string of the molecule is CCc1oc2ccc(Nc3ncc(CC(=O)C4CCOCC4)c(=O)n3CC3CC3)cc2c1C. The summed E-state index contributed by atoms with van der Waals surface area (Å²) in [4.78, 5) is 30.7. The van der Waals surface area contributed by atoms with E-state index in [1.165, 1.54) is 0 Å². The Bertz CT molecular complexity index is 1230. The molecule has 2 aromatic heterocycles. The molecule has 0 spiro atoms. The van der Waals surface area contributed by atoms with Crippen LogP contribution >= 0.6 is 0 Å². The Balaban J connectivity index is 1.42. The van der Waals surface area contributed by atoms with E-state index >= 15 is 0 Å². The van der Waals surface area contributed by atoms with E-state index in [1.54, 1.807) is 10.8 Å². The Hall–Kier alpha value is -2.93. The van der Waals surface area contributed by atoms with E-state index in [2.05, 4.69) is 24.1 Å². The fourth-order valence-electron chi connectivity index (χ4n) is 4.65. The monoisotopic (exact) mass is 449 g/mol. The van der Waals surface area contributed by atoms with Gasteiger partial charge in [0.2, 0.25) is 5.95 Å². The zero-order valence-electron chi connectivity index (χ0n) is 19.4. The molecule has 7 heteroatoms. The van der Waals surface area contributed by atoms with E-state index in [9.17, 15) is 9.59 Å². The van der Waals surface area contributed by atoms with Crippen LogP contribution in [0.25, 0.3) is 11.0 Å². The summed E-state index contributed by atoms with van der Waals surface area (Å²) in [6.45, 7) is 6.01. The molecule has 7 nitrogen and oxygen atoms in total. The molecular formula is C26H31N3O4. The van der Waals surface area contributed by atoms with Crippen LogP contribution in [0, 0.1) is 18.8 Å². The number of hydrogen-bond donors (Lipinski definition) is 1. The van der Waals surface area contributed by atoms with Crippen LogP contribution < -0.4 is 10.9 Å². The topological polar surface area (TPSA) is 86.4 Å². The van der Waals surface area contributed by atoms with Gasteiger partial charge in [0.1, 0.15) is 17.1 Å². The largest absolute Gasteiger partial charge is 0.461 e. The predicted molar refractivity (Wildman–Crippen MR) is 127 cm³/mol. The maximum absolute atomic E-state index is 13.4. The number of aryl methyl sites for hydroxylation is 2. The molecule has 1 aliphatic carbocycles. The van der Waals surface area contributed by atoms with Gasteiger partial charge in [0.25, 0.3) is 5.56 Å². The molecule has 2 aliphatic rings. The maximum atomic E-state index is 13.4. The van der Waals surface area contributed by atoms with Crippen LogP contribution in [0.2, 0.25) is 0 Å². The van der Waals surface area contributed by atoms with E-state index in [0.29, 0.717) is 37.2 Å². The average Bonchev–Trinajstić information content (AvgIpc) is 3.60. The Morgan fingerprint density at radius 3 is 2.73 bits per heavy atom. The van der Waals surface area contributed by atoms with Crippen LogP contribution in [-0.2, 0) is 28.9 Å². The minimum absolute atomic E-state index is 0.0224. The van der Waals surface area contributed by atoms with Gasteiger partial charge >= 0.3 is 0 Å². The number of ether oxygens (including phenoxy) is 1. The number of fused-ring (bicyclic) bond motifs is 1. The van der Waals surface area contributed by atoms with Gasteiger partial charge in [-0.05, 0) is 62.3 Å². The number of nitrogens with zero attached hydrogens (tertiary/aromatic N) is 2. The molecule has 0 atom stereocenters. The number of anilines is 2. The number of nitrogens with one attached hydrogen (secondary N) is 1. The van der Waals surface area contributed by atoms with Gasteiger partial charge in [0, 0.05) is 61.4 Å². The third kappa shape index (κ3) is 4.60. The van der Waals surface area contributed by atoms with E-state index in [-0.39, 0.29) is 23.7 Å². The number of furan rings is 1. The number of rotatable bonds is 8. The molecule has 1 aliphatic heterocycles. The average molecular weight is 450 g/mol. The molecule has 33 heavy (non-hydrogen) atoms. The van der Waals surface area contributed by atoms with Gasteiger partial charge < -0.3 is 14.5 Å². The summed E-state index contributed by atoms with van der Waals surface area (Å²) in [6.07, 6.45) is 6.27. The van der Waals surface area contributed by atoms with Crippen molar-refractivity contribution in [3.63, 3.8) is 0 Å². The lowest BCUT2D eigenvalue weighted by molar-refractivity contribution is -0.125. The van der Waals surface area contributed by atoms with Crippen molar-refractivity contribution in [2.45, 2.75) is 58.9 Å². The van der Waals surface area contributed by atoms with Crippen LogP contribution in [-0.4, -0.2) is 28.5 Å². The molecule has 1 aromatic carbocycles. The van der Waals surface area contributed by atoms with Crippen molar-refractivity contribution in [1.82, 2.24) is 9.55 Å². The summed E-state index contributed by atoms with van der Waals surface area (Å²) >= 11 is 0. The van der Waals surface area contributed by atoms with Crippen molar-refractivity contribution in [3.05, 3.63) is 51.6 Å². The smallest absolute Gasteiger partial charge is 0.258 e. The minimum Gasteiger partial charge on any atom is -0.461 e. The Kier molecular flexibility index (Phi) is 6.06. The number of carbonyl (C=O) groups excluding carboxylic acids is 1. The van der Waals surface area contributed by atoms with Crippen molar-refractivity contribution in [1.29, 1.82) is 0 Å². The summed E-state index contributed by atoms with van der Waals surface area (Å²) < 4.78 is 13.0. The van der Waals surface area contributed by atoms with Crippen molar-refractivity contribution >= 4 is 28.4 Å². The van der Waals surface area contributed by atoms with Crippen molar-refractivity contribution < 1.29 is 13.9 Å². The van der Waals surface area contributed by atoms with Crippen LogP contribution in [0.5, 0.6) is 0 Å². The molecule has 5 rings (SSSR count). The van der Waals surface area contributed by atoms with E-state index in [4.69, 9.17) is 9.15 Å². The highest BCUT2D eigenvalue weighted by Crippen LogP contribution is 2.32. The van der Waals surface area contributed by atoms with Gasteiger partial charge in [-0.1, -0.05) is 6.92 Å². The molecule has 174 valence electrons. The van der Waals surface area contributed by atoms with Gasteiger partial charge in [0.05, 0.1) is 0 Å². The molecule has 0 bridgehead atoms. The van der Waals surface area contributed by atoms with Crippen LogP contribution in [0.4, 0.5) is 11.6 Å². The standard InChI is InChI=1S/C26H31N3O4/c1-3-23-16(2)21-13-20(6-7-24(21)33-23)28-26-27-14-19(25(31)29(26)15-17-4-5-17)12-22(30)18-8-10-32-11-9-18/h6-7,13-14,17-18H,3-5,8-12,15H2,1-2H3,(H,27,28). The first-order valence-corrected chi connectivity index (χ1v) is 12.0. The summed E-state index contributed by atoms with van der Waals surface area (Å²) in [5.74, 6) is 2.10. The maximum Gasteiger partial charge on any atom is 0.258 e. The molecule has 3 heterocycles. The highest BCUT2D eigenvalue weighted by Gasteiger charge is 2.26.